The number of nitrogens with zero attached hydrogens (tertiary/aromatic N) is 1. The summed E-state index contributed by atoms with van der Waals surface area (Å²) >= 11 is 0. The first kappa shape index (κ1) is 24.0. The lowest BCUT2D eigenvalue weighted by Crippen LogP contribution is -2.43. The molecular weight excluding hydrogens is 446 g/mol. The molecule has 1 aliphatic carbocycles. The Labute approximate surface area is 203 Å². The number of carbonyl (C=O) groups excluding carboxylic acids is 2. The van der Waals surface area contributed by atoms with Gasteiger partial charge in [-0.25, -0.2) is 9.59 Å². The third-order valence-corrected chi connectivity index (χ3v) is 6.24. The number of benzene rings is 3. The van der Waals surface area contributed by atoms with Crippen LogP contribution in [-0.2, 0) is 25.7 Å². The number of carboxylic acids is 1. The Balaban J connectivity index is 1.33. The maximum atomic E-state index is 12.7. The van der Waals surface area contributed by atoms with Gasteiger partial charge in [0.15, 0.2) is 0 Å². The molecule has 1 amide bonds. The monoisotopic (exact) mass is 473 g/mol. The predicted molar refractivity (Wildman–Crippen MR) is 130 cm³/mol. The second-order valence-electron chi connectivity index (χ2n) is 8.45. The van der Waals surface area contributed by atoms with Crippen LogP contribution in [0.5, 0.6) is 0 Å². The number of carbonyl (C=O) groups is 3. The van der Waals surface area contributed by atoms with Gasteiger partial charge in [0.2, 0.25) is 0 Å². The number of hydrogen-bond acceptors (Lipinski definition) is 5. The van der Waals surface area contributed by atoms with Crippen LogP contribution in [0.3, 0.4) is 0 Å². The molecule has 7 nitrogen and oxygen atoms in total. The molecule has 0 radical (unpaired) electrons. The van der Waals surface area contributed by atoms with Crippen LogP contribution in [0.2, 0.25) is 0 Å². The van der Waals surface area contributed by atoms with Gasteiger partial charge in [0, 0.05) is 19.4 Å². The fraction of sp³-hybridized carbons (Fsp3) is 0.250. The second-order valence-corrected chi connectivity index (χ2v) is 8.45. The minimum Gasteiger partial charge on any atom is -0.480 e. The first-order chi connectivity index (χ1) is 17.0. The third-order valence-electron chi connectivity index (χ3n) is 6.24. The van der Waals surface area contributed by atoms with Crippen LogP contribution >= 0.6 is 0 Å². The molecule has 3 aromatic carbocycles. The average molecular weight is 474 g/mol. The van der Waals surface area contributed by atoms with Crippen LogP contribution < -0.4 is 0 Å². The number of carboxylic acid groups (broad SMARTS) is 1. The highest BCUT2D eigenvalue weighted by Gasteiger charge is 2.32. The molecule has 0 aromatic heterocycles. The minimum atomic E-state index is -1.21. The van der Waals surface area contributed by atoms with Gasteiger partial charge in [0.1, 0.15) is 19.3 Å². The van der Waals surface area contributed by atoms with E-state index < -0.39 is 24.1 Å². The van der Waals surface area contributed by atoms with Gasteiger partial charge >= 0.3 is 18.0 Å². The number of esters is 1. The van der Waals surface area contributed by atoms with Crippen molar-refractivity contribution in [2.24, 2.45) is 0 Å². The van der Waals surface area contributed by atoms with Gasteiger partial charge in [0.25, 0.3) is 0 Å². The Hall–Kier alpha value is -4.13. The number of amides is 1. The van der Waals surface area contributed by atoms with Crippen LogP contribution in [0.4, 0.5) is 4.79 Å². The van der Waals surface area contributed by atoms with E-state index in [1.807, 2.05) is 78.9 Å². The van der Waals surface area contributed by atoms with Crippen molar-refractivity contribution in [1.82, 2.24) is 4.90 Å². The van der Waals surface area contributed by atoms with E-state index >= 15 is 0 Å². The lowest BCUT2D eigenvalue weighted by atomic mass is 9.98. The molecule has 0 spiro atoms. The molecule has 4 rings (SSSR count). The lowest BCUT2D eigenvalue weighted by molar-refractivity contribution is -0.146. The largest absolute Gasteiger partial charge is 0.480 e. The summed E-state index contributed by atoms with van der Waals surface area (Å²) < 4.78 is 10.8. The summed E-state index contributed by atoms with van der Waals surface area (Å²) in [6.45, 7) is 0.197. The molecule has 0 saturated carbocycles. The summed E-state index contributed by atoms with van der Waals surface area (Å²) in [5.41, 5.74) is 5.19. The Morgan fingerprint density at radius 1 is 0.857 bits per heavy atom. The van der Waals surface area contributed by atoms with E-state index in [1.54, 1.807) is 0 Å². The first-order valence-electron chi connectivity index (χ1n) is 11.5. The molecule has 0 fully saturated rings. The maximum Gasteiger partial charge on any atom is 0.410 e. The van der Waals surface area contributed by atoms with Gasteiger partial charge in [-0.2, -0.15) is 0 Å². The fourth-order valence-electron chi connectivity index (χ4n) is 4.37. The zero-order chi connectivity index (χ0) is 24.8. The minimum absolute atomic E-state index is 0.0797. The second kappa shape index (κ2) is 10.9. The van der Waals surface area contributed by atoms with E-state index in [-0.39, 0.29) is 32.0 Å². The van der Waals surface area contributed by atoms with E-state index in [4.69, 9.17) is 9.47 Å². The Morgan fingerprint density at radius 3 is 2.03 bits per heavy atom. The SMILES string of the molecule is CN(C(=O)OCC1c2ccccc2-c2ccccc21)C(CCC(=O)OCc1ccccc1)C(=O)O. The van der Waals surface area contributed by atoms with Gasteiger partial charge < -0.3 is 14.6 Å². The normalized spacial score (nSPS) is 12.8. The van der Waals surface area contributed by atoms with Crippen molar-refractivity contribution < 1.29 is 29.0 Å². The van der Waals surface area contributed by atoms with Gasteiger partial charge in [-0.1, -0.05) is 78.9 Å². The molecule has 35 heavy (non-hydrogen) atoms. The van der Waals surface area contributed by atoms with Gasteiger partial charge in [-0.15, -0.1) is 0 Å². The smallest absolute Gasteiger partial charge is 0.410 e. The molecule has 3 aromatic rings. The molecule has 180 valence electrons. The summed E-state index contributed by atoms with van der Waals surface area (Å²) in [7, 11) is 1.37. The number of fused-ring (bicyclic) bond motifs is 3. The molecule has 7 heteroatoms. The molecule has 1 aliphatic rings. The quantitative estimate of drug-likeness (QED) is 0.447. The topological polar surface area (TPSA) is 93.1 Å². The standard InChI is InChI=1S/C28H27NO6/c1-29(25(27(31)32)15-16-26(30)34-17-19-9-3-2-4-10-19)28(33)35-18-24-22-13-7-5-11-20(22)21-12-6-8-14-23(21)24/h2-14,24-25H,15-18H2,1H3,(H,31,32). The summed E-state index contributed by atoms with van der Waals surface area (Å²) in [5, 5.41) is 9.65. The molecular formula is C28H27NO6. The Bertz CT molecular complexity index is 1160. The first-order valence-corrected chi connectivity index (χ1v) is 11.5. The molecule has 1 N–H and O–H groups in total. The van der Waals surface area contributed by atoms with Crippen molar-refractivity contribution in [3.05, 3.63) is 95.6 Å². The number of rotatable bonds is 9. The van der Waals surface area contributed by atoms with Crippen LogP contribution in [0.15, 0.2) is 78.9 Å². The summed E-state index contributed by atoms with van der Waals surface area (Å²) in [6.07, 6.45) is -0.967. The highest BCUT2D eigenvalue weighted by molar-refractivity contribution is 5.81. The molecule has 0 saturated heterocycles. The zero-order valence-electron chi connectivity index (χ0n) is 19.4. The predicted octanol–water partition coefficient (Wildman–Crippen LogP) is 4.84. The highest BCUT2D eigenvalue weighted by atomic mass is 16.6. The fourth-order valence-corrected chi connectivity index (χ4v) is 4.37. The van der Waals surface area contributed by atoms with E-state index in [2.05, 4.69) is 0 Å². The van der Waals surface area contributed by atoms with Crippen LogP contribution in [0.1, 0.15) is 35.4 Å². The third kappa shape index (κ3) is 5.51. The van der Waals surface area contributed by atoms with Gasteiger partial charge in [-0.3, -0.25) is 9.69 Å². The summed E-state index contributed by atoms with van der Waals surface area (Å²) in [5.74, 6) is -1.87. The maximum absolute atomic E-state index is 12.7. The molecule has 0 bridgehead atoms. The van der Waals surface area contributed by atoms with Crippen molar-refractivity contribution in [3.8, 4) is 11.1 Å². The van der Waals surface area contributed by atoms with Crippen molar-refractivity contribution in [2.75, 3.05) is 13.7 Å². The summed E-state index contributed by atoms with van der Waals surface area (Å²) in [6, 6.07) is 23.9. The zero-order valence-corrected chi connectivity index (χ0v) is 19.4. The lowest BCUT2D eigenvalue weighted by Gasteiger charge is -2.25. The van der Waals surface area contributed by atoms with Crippen molar-refractivity contribution in [2.45, 2.75) is 31.4 Å². The average Bonchev–Trinajstić information content (AvgIpc) is 3.20. The number of ether oxygens (including phenoxy) is 2. The van der Waals surface area contributed by atoms with Crippen LogP contribution in [-0.4, -0.2) is 47.7 Å². The Morgan fingerprint density at radius 2 is 1.43 bits per heavy atom. The van der Waals surface area contributed by atoms with E-state index in [1.165, 1.54) is 7.05 Å². The number of hydrogen-bond donors (Lipinski definition) is 1. The van der Waals surface area contributed by atoms with E-state index in [0.717, 1.165) is 32.7 Å². The Kier molecular flexibility index (Phi) is 7.45. The number of aliphatic carboxylic acids is 1. The van der Waals surface area contributed by atoms with Gasteiger partial charge in [-0.05, 0) is 34.2 Å². The molecule has 0 heterocycles. The highest BCUT2D eigenvalue weighted by Crippen LogP contribution is 2.44. The van der Waals surface area contributed by atoms with Crippen molar-refractivity contribution >= 4 is 18.0 Å². The van der Waals surface area contributed by atoms with Crippen molar-refractivity contribution in [3.63, 3.8) is 0 Å². The van der Waals surface area contributed by atoms with Crippen LogP contribution in [0, 0.1) is 0 Å². The molecule has 1 atom stereocenters. The van der Waals surface area contributed by atoms with E-state index in [0.29, 0.717) is 0 Å². The van der Waals surface area contributed by atoms with Crippen molar-refractivity contribution in [1.29, 1.82) is 0 Å². The molecule has 1 unspecified atom stereocenters. The van der Waals surface area contributed by atoms with Gasteiger partial charge in [0.05, 0.1) is 0 Å². The van der Waals surface area contributed by atoms with E-state index in [9.17, 15) is 19.5 Å². The summed E-state index contributed by atoms with van der Waals surface area (Å²) in [4.78, 5) is 37.7. The molecule has 0 aliphatic heterocycles. The van der Waals surface area contributed by atoms with Crippen LogP contribution in [0.25, 0.3) is 11.1 Å². The number of likely N-dealkylation sites (N-methyl/N-ethyl adjacent to an activating group) is 1.